The molecular formula is C11H24N2O3S. The third kappa shape index (κ3) is 5.33. The topological polar surface area (TPSA) is 58.6 Å². The molecule has 0 aromatic heterocycles. The fourth-order valence-corrected chi connectivity index (χ4v) is 3.22. The van der Waals surface area contributed by atoms with Crippen LogP contribution in [0.5, 0.6) is 0 Å². The number of piperidine rings is 1. The summed E-state index contributed by atoms with van der Waals surface area (Å²) in [5.41, 5.74) is 0. The van der Waals surface area contributed by atoms with Crippen molar-refractivity contribution in [1.82, 2.24) is 9.62 Å². The smallest absolute Gasteiger partial charge is 0.213 e. The number of hydrogen-bond acceptors (Lipinski definition) is 4. The van der Waals surface area contributed by atoms with Gasteiger partial charge in [0.25, 0.3) is 0 Å². The third-order valence-corrected chi connectivity index (χ3v) is 5.11. The molecule has 0 aromatic rings. The highest BCUT2D eigenvalue weighted by Gasteiger charge is 2.20. The van der Waals surface area contributed by atoms with Gasteiger partial charge >= 0.3 is 0 Å². The fraction of sp³-hybridized carbons (Fsp3) is 1.00. The molecule has 17 heavy (non-hydrogen) atoms. The van der Waals surface area contributed by atoms with Gasteiger partial charge in [-0.25, -0.2) is 12.7 Å². The van der Waals surface area contributed by atoms with Crippen molar-refractivity contribution in [2.75, 3.05) is 39.6 Å². The van der Waals surface area contributed by atoms with Crippen LogP contribution in [-0.2, 0) is 14.8 Å². The number of nitrogens with one attached hydrogen (secondary N) is 1. The molecule has 1 rings (SSSR count). The minimum Gasteiger partial charge on any atom is -0.383 e. The summed E-state index contributed by atoms with van der Waals surface area (Å²) < 4.78 is 30.1. The molecule has 102 valence electrons. The lowest BCUT2D eigenvalue weighted by Crippen LogP contribution is -2.38. The zero-order valence-electron chi connectivity index (χ0n) is 10.8. The molecule has 0 aromatic carbocycles. The summed E-state index contributed by atoms with van der Waals surface area (Å²) in [4.78, 5) is 0. The van der Waals surface area contributed by atoms with E-state index in [0.29, 0.717) is 25.6 Å². The SMILES string of the molecule is COCCN(C)S(=O)(=O)CCC1CCCCN1. The minimum atomic E-state index is -3.12. The molecule has 6 heteroatoms. The van der Waals surface area contributed by atoms with Crippen molar-refractivity contribution in [2.24, 2.45) is 0 Å². The molecule has 0 spiro atoms. The highest BCUT2D eigenvalue weighted by atomic mass is 32.2. The van der Waals surface area contributed by atoms with Crippen LogP contribution in [0.25, 0.3) is 0 Å². The van der Waals surface area contributed by atoms with Crippen molar-refractivity contribution in [3.05, 3.63) is 0 Å². The van der Waals surface area contributed by atoms with Gasteiger partial charge in [-0.2, -0.15) is 0 Å². The molecule has 1 N–H and O–H groups in total. The Labute approximate surface area is 105 Å². The Morgan fingerprint density at radius 3 is 2.76 bits per heavy atom. The standard InChI is InChI=1S/C11H24N2O3S/c1-13(8-9-16-2)17(14,15)10-6-11-5-3-4-7-12-11/h11-12H,3-10H2,1-2H3. The van der Waals surface area contributed by atoms with Gasteiger partial charge in [0, 0.05) is 26.7 Å². The molecule has 0 bridgehead atoms. The molecule has 1 atom stereocenters. The van der Waals surface area contributed by atoms with E-state index in [9.17, 15) is 8.42 Å². The van der Waals surface area contributed by atoms with Gasteiger partial charge in [-0.15, -0.1) is 0 Å². The maximum absolute atomic E-state index is 11.9. The molecule has 1 unspecified atom stereocenters. The molecule has 0 radical (unpaired) electrons. The van der Waals surface area contributed by atoms with Crippen molar-refractivity contribution >= 4 is 10.0 Å². The zero-order chi connectivity index (χ0) is 12.7. The van der Waals surface area contributed by atoms with Crippen molar-refractivity contribution in [1.29, 1.82) is 0 Å². The normalized spacial score (nSPS) is 21.9. The van der Waals surface area contributed by atoms with Crippen LogP contribution in [0.3, 0.4) is 0 Å². The van der Waals surface area contributed by atoms with E-state index in [1.807, 2.05) is 0 Å². The van der Waals surface area contributed by atoms with Gasteiger partial charge in [-0.3, -0.25) is 0 Å². The van der Waals surface area contributed by atoms with Crippen LogP contribution >= 0.6 is 0 Å². The lowest BCUT2D eigenvalue weighted by atomic mass is 10.0. The van der Waals surface area contributed by atoms with Gasteiger partial charge in [0.1, 0.15) is 0 Å². The molecular weight excluding hydrogens is 240 g/mol. The van der Waals surface area contributed by atoms with E-state index < -0.39 is 10.0 Å². The van der Waals surface area contributed by atoms with E-state index >= 15 is 0 Å². The molecule has 5 nitrogen and oxygen atoms in total. The van der Waals surface area contributed by atoms with E-state index in [1.165, 1.54) is 17.1 Å². The van der Waals surface area contributed by atoms with Gasteiger partial charge in [0.05, 0.1) is 12.4 Å². The van der Waals surface area contributed by atoms with Gasteiger partial charge < -0.3 is 10.1 Å². The second-order valence-electron chi connectivity index (χ2n) is 4.57. The van der Waals surface area contributed by atoms with E-state index in [1.54, 1.807) is 14.2 Å². The van der Waals surface area contributed by atoms with Gasteiger partial charge in [0.2, 0.25) is 10.0 Å². The highest BCUT2D eigenvalue weighted by Crippen LogP contribution is 2.12. The first kappa shape index (κ1) is 14.9. The Morgan fingerprint density at radius 1 is 1.41 bits per heavy atom. The largest absolute Gasteiger partial charge is 0.383 e. The van der Waals surface area contributed by atoms with Gasteiger partial charge in [-0.05, 0) is 25.8 Å². The Hall–Kier alpha value is -0.170. The van der Waals surface area contributed by atoms with Crippen LogP contribution in [0.2, 0.25) is 0 Å². The maximum atomic E-state index is 11.9. The molecule has 1 fully saturated rings. The maximum Gasteiger partial charge on any atom is 0.213 e. The number of sulfonamides is 1. The quantitative estimate of drug-likeness (QED) is 0.724. The summed E-state index contributed by atoms with van der Waals surface area (Å²) in [7, 11) is 0.0710. The van der Waals surface area contributed by atoms with Crippen LogP contribution in [0.4, 0.5) is 0 Å². The molecule has 0 saturated carbocycles. The van der Waals surface area contributed by atoms with Gasteiger partial charge in [-0.1, -0.05) is 6.42 Å². The minimum absolute atomic E-state index is 0.227. The van der Waals surface area contributed by atoms with Crippen LogP contribution in [0.1, 0.15) is 25.7 Å². The predicted molar refractivity (Wildman–Crippen MR) is 68.6 cm³/mol. The lowest BCUT2D eigenvalue weighted by Gasteiger charge is -2.24. The number of likely N-dealkylation sites (N-methyl/N-ethyl adjacent to an activating group) is 1. The third-order valence-electron chi connectivity index (χ3n) is 3.22. The lowest BCUT2D eigenvalue weighted by molar-refractivity contribution is 0.185. The molecule has 0 aliphatic carbocycles. The van der Waals surface area contributed by atoms with Crippen molar-refractivity contribution in [3.63, 3.8) is 0 Å². The van der Waals surface area contributed by atoms with Crippen LogP contribution in [-0.4, -0.2) is 58.4 Å². The van der Waals surface area contributed by atoms with E-state index in [2.05, 4.69) is 5.32 Å². The Bertz CT molecular complexity index is 300. The first-order chi connectivity index (χ1) is 8.06. The number of ether oxygens (including phenoxy) is 1. The average molecular weight is 264 g/mol. The van der Waals surface area contributed by atoms with Crippen LogP contribution in [0, 0.1) is 0 Å². The number of rotatable bonds is 7. The van der Waals surface area contributed by atoms with E-state index in [4.69, 9.17) is 4.74 Å². The second kappa shape index (κ2) is 7.31. The number of hydrogen-bond donors (Lipinski definition) is 1. The summed E-state index contributed by atoms with van der Waals surface area (Å²) >= 11 is 0. The summed E-state index contributed by atoms with van der Waals surface area (Å²) in [5, 5.41) is 3.37. The summed E-state index contributed by atoms with van der Waals surface area (Å²) in [6.45, 7) is 1.89. The number of methoxy groups -OCH3 is 1. The summed E-state index contributed by atoms with van der Waals surface area (Å²) in [6, 6.07) is 0.370. The first-order valence-corrected chi connectivity index (χ1v) is 7.83. The predicted octanol–water partition coefficient (Wildman–Crippen LogP) is 0.427. The summed E-state index contributed by atoms with van der Waals surface area (Å²) in [6.07, 6.45) is 4.21. The van der Waals surface area contributed by atoms with E-state index in [0.717, 1.165) is 13.0 Å². The van der Waals surface area contributed by atoms with Crippen molar-refractivity contribution in [2.45, 2.75) is 31.7 Å². The average Bonchev–Trinajstić information content (AvgIpc) is 2.35. The van der Waals surface area contributed by atoms with E-state index in [-0.39, 0.29) is 5.75 Å². The summed E-state index contributed by atoms with van der Waals surface area (Å²) in [5.74, 6) is 0.227. The molecule has 0 amide bonds. The number of nitrogens with zero attached hydrogens (tertiary/aromatic N) is 1. The molecule has 1 aliphatic heterocycles. The van der Waals surface area contributed by atoms with Crippen molar-refractivity contribution in [3.8, 4) is 0 Å². The van der Waals surface area contributed by atoms with Gasteiger partial charge in [0.15, 0.2) is 0 Å². The molecule has 1 saturated heterocycles. The molecule has 1 heterocycles. The second-order valence-corrected chi connectivity index (χ2v) is 6.76. The Balaban J connectivity index is 2.32. The first-order valence-electron chi connectivity index (χ1n) is 6.22. The Morgan fingerprint density at radius 2 is 2.18 bits per heavy atom. The van der Waals surface area contributed by atoms with Crippen molar-refractivity contribution < 1.29 is 13.2 Å². The van der Waals surface area contributed by atoms with Crippen LogP contribution < -0.4 is 5.32 Å². The zero-order valence-corrected chi connectivity index (χ0v) is 11.6. The highest BCUT2D eigenvalue weighted by molar-refractivity contribution is 7.89. The molecule has 1 aliphatic rings. The van der Waals surface area contributed by atoms with Crippen LogP contribution in [0.15, 0.2) is 0 Å². The Kier molecular flexibility index (Phi) is 6.40. The monoisotopic (exact) mass is 264 g/mol. The fourth-order valence-electron chi connectivity index (χ4n) is 1.98.